The van der Waals surface area contributed by atoms with Gasteiger partial charge < -0.3 is 9.84 Å². The minimum atomic E-state index is -3.98. The molecular weight excluding hydrogens is 318 g/mol. The summed E-state index contributed by atoms with van der Waals surface area (Å²) in [5.41, 5.74) is 0. The Morgan fingerprint density at radius 2 is 2.10 bits per heavy atom. The summed E-state index contributed by atoms with van der Waals surface area (Å²) in [6.07, 6.45) is 0.531. The average Bonchev–Trinajstić information content (AvgIpc) is 2.43. The van der Waals surface area contributed by atoms with Gasteiger partial charge in [-0.05, 0) is 24.1 Å². The maximum absolute atomic E-state index is 12.2. The number of sulfonamides is 1. The van der Waals surface area contributed by atoms with E-state index in [9.17, 15) is 13.2 Å². The van der Waals surface area contributed by atoms with Gasteiger partial charge in [-0.3, -0.25) is 4.79 Å². The molecule has 2 atom stereocenters. The largest absolute Gasteiger partial charge is 0.495 e. The minimum absolute atomic E-state index is 0.108. The minimum Gasteiger partial charge on any atom is -0.495 e. The van der Waals surface area contributed by atoms with Crippen molar-refractivity contribution >= 4 is 27.6 Å². The maximum atomic E-state index is 12.2. The van der Waals surface area contributed by atoms with E-state index in [0.29, 0.717) is 12.2 Å². The van der Waals surface area contributed by atoms with Gasteiger partial charge in [0.2, 0.25) is 10.0 Å². The van der Waals surface area contributed by atoms with E-state index < -0.39 is 22.0 Å². The number of hydrogen-bond acceptors (Lipinski definition) is 4. The molecule has 1 rings (SSSR count). The summed E-state index contributed by atoms with van der Waals surface area (Å²) in [6, 6.07) is 2.75. The molecule has 0 saturated carbocycles. The standard InChI is InChI=1S/C13H18ClNO5S/c1-4-8(2)12(13(16)17)15-21(18,19)9-5-6-11(20-3)10(14)7-9/h5-8,12,15H,4H2,1-3H3,(H,16,17)/t8-,12-/m0/s1. The number of methoxy groups -OCH3 is 1. The first-order valence-corrected chi connectivity index (χ1v) is 8.17. The van der Waals surface area contributed by atoms with Gasteiger partial charge in [-0.2, -0.15) is 4.72 Å². The van der Waals surface area contributed by atoms with E-state index in [1.807, 2.05) is 0 Å². The second kappa shape index (κ2) is 7.11. The summed E-state index contributed by atoms with van der Waals surface area (Å²) in [5.74, 6) is -1.22. The molecule has 0 unspecified atom stereocenters. The molecule has 2 N–H and O–H groups in total. The van der Waals surface area contributed by atoms with Crippen LogP contribution >= 0.6 is 11.6 Å². The van der Waals surface area contributed by atoms with E-state index in [2.05, 4.69) is 4.72 Å². The van der Waals surface area contributed by atoms with Crippen LogP contribution in [-0.2, 0) is 14.8 Å². The zero-order valence-corrected chi connectivity index (χ0v) is 13.5. The molecule has 0 saturated heterocycles. The van der Waals surface area contributed by atoms with Crippen molar-refractivity contribution in [2.24, 2.45) is 5.92 Å². The average molecular weight is 336 g/mol. The van der Waals surface area contributed by atoms with Gasteiger partial charge in [0.15, 0.2) is 0 Å². The topological polar surface area (TPSA) is 92.7 Å². The molecule has 1 aromatic carbocycles. The normalized spacial score (nSPS) is 14.5. The second-order valence-corrected chi connectivity index (χ2v) is 6.74. The van der Waals surface area contributed by atoms with Crippen molar-refractivity contribution < 1.29 is 23.1 Å². The number of carboxylic acid groups (broad SMARTS) is 1. The lowest BCUT2D eigenvalue weighted by Crippen LogP contribution is -2.44. The fourth-order valence-corrected chi connectivity index (χ4v) is 3.34. The van der Waals surface area contributed by atoms with Gasteiger partial charge in [-0.25, -0.2) is 8.42 Å². The molecular formula is C13H18ClNO5S. The van der Waals surface area contributed by atoms with Gasteiger partial charge in [0.05, 0.1) is 17.0 Å². The molecule has 0 bridgehead atoms. The molecule has 21 heavy (non-hydrogen) atoms. The molecule has 0 aliphatic carbocycles. The Morgan fingerprint density at radius 1 is 1.48 bits per heavy atom. The maximum Gasteiger partial charge on any atom is 0.322 e. The fourth-order valence-electron chi connectivity index (χ4n) is 1.70. The third-order valence-corrected chi connectivity index (χ3v) is 4.93. The Hall–Kier alpha value is -1.31. The zero-order chi connectivity index (χ0) is 16.2. The molecule has 0 spiro atoms. The first kappa shape index (κ1) is 17.7. The summed E-state index contributed by atoms with van der Waals surface area (Å²) in [5, 5.41) is 9.28. The summed E-state index contributed by atoms with van der Waals surface area (Å²) >= 11 is 5.89. The summed E-state index contributed by atoms with van der Waals surface area (Å²) < 4.78 is 31.6. The number of hydrogen-bond donors (Lipinski definition) is 2. The Balaban J connectivity index is 3.10. The van der Waals surface area contributed by atoms with Crippen LogP contribution in [0.5, 0.6) is 5.75 Å². The molecule has 0 heterocycles. The van der Waals surface area contributed by atoms with Crippen LogP contribution in [0.15, 0.2) is 23.1 Å². The molecule has 0 aliphatic heterocycles. The van der Waals surface area contributed by atoms with Crippen LogP contribution in [0.1, 0.15) is 20.3 Å². The third kappa shape index (κ3) is 4.33. The molecule has 1 aromatic rings. The quantitative estimate of drug-likeness (QED) is 0.796. The number of aliphatic carboxylic acids is 1. The number of nitrogens with one attached hydrogen (secondary N) is 1. The van der Waals surface area contributed by atoms with Gasteiger partial charge in [-0.1, -0.05) is 31.9 Å². The van der Waals surface area contributed by atoms with Gasteiger partial charge in [0, 0.05) is 0 Å². The molecule has 0 aromatic heterocycles. The summed E-state index contributed by atoms with van der Waals surface area (Å²) in [4.78, 5) is 11.1. The Kier molecular flexibility index (Phi) is 6.00. The highest BCUT2D eigenvalue weighted by molar-refractivity contribution is 7.89. The Morgan fingerprint density at radius 3 is 2.52 bits per heavy atom. The number of rotatable bonds is 7. The third-order valence-electron chi connectivity index (χ3n) is 3.19. The van der Waals surface area contributed by atoms with E-state index in [4.69, 9.17) is 21.4 Å². The van der Waals surface area contributed by atoms with Crippen molar-refractivity contribution in [3.8, 4) is 5.75 Å². The fraction of sp³-hybridized carbons (Fsp3) is 0.462. The predicted molar refractivity (Wildman–Crippen MR) is 79.2 cm³/mol. The van der Waals surface area contributed by atoms with Gasteiger partial charge >= 0.3 is 5.97 Å². The molecule has 118 valence electrons. The van der Waals surface area contributed by atoms with Crippen molar-refractivity contribution in [1.29, 1.82) is 0 Å². The SMILES string of the molecule is CC[C@H](C)[C@H](NS(=O)(=O)c1ccc(OC)c(Cl)c1)C(=O)O. The van der Waals surface area contributed by atoms with Gasteiger partial charge in [0.25, 0.3) is 0 Å². The van der Waals surface area contributed by atoms with Crippen LogP contribution in [0.25, 0.3) is 0 Å². The Labute approximate surface area is 129 Å². The molecule has 0 fully saturated rings. The highest BCUT2D eigenvalue weighted by Crippen LogP contribution is 2.27. The zero-order valence-electron chi connectivity index (χ0n) is 12.0. The van der Waals surface area contributed by atoms with Crippen molar-refractivity contribution in [3.05, 3.63) is 23.2 Å². The van der Waals surface area contributed by atoms with Crippen molar-refractivity contribution in [2.75, 3.05) is 7.11 Å². The number of carboxylic acids is 1. The van der Waals surface area contributed by atoms with E-state index in [1.165, 1.54) is 25.3 Å². The van der Waals surface area contributed by atoms with Crippen LogP contribution < -0.4 is 9.46 Å². The molecule has 0 radical (unpaired) electrons. The number of ether oxygens (including phenoxy) is 1. The van der Waals surface area contributed by atoms with Crippen LogP contribution in [0, 0.1) is 5.92 Å². The van der Waals surface area contributed by atoms with Gasteiger partial charge in [-0.15, -0.1) is 0 Å². The number of halogens is 1. The smallest absolute Gasteiger partial charge is 0.322 e. The van der Waals surface area contributed by atoms with Crippen molar-refractivity contribution in [1.82, 2.24) is 4.72 Å². The number of carbonyl (C=O) groups is 1. The van der Waals surface area contributed by atoms with Crippen molar-refractivity contribution in [3.63, 3.8) is 0 Å². The first-order chi connectivity index (χ1) is 9.72. The lowest BCUT2D eigenvalue weighted by Gasteiger charge is -2.20. The summed E-state index contributed by atoms with van der Waals surface area (Å²) in [7, 11) is -2.56. The van der Waals surface area contributed by atoms with Crippen LogP contribution in [-0.4, -0.2) is 32.6 Å². The van der Waals surface area contributed by atoms with E-state index in [-0.39, 0.29) is 15.8 Å². The Bertz CT molecular complexity index is 617. The molecule has 8 heteroatoms. The molecule has 0 amide bonds. The first-order valence-electron chi connectivity index (χ1n) is 6.31. The highest BCUT2D eigenvalue weighted by atomic mass is 35.5. The summed E-state index contributed by atoms with van der Waals surface area (Å²) in [6.45, 7) is 3.46. The second-order valence-electron chi connectivity index (χ2n) is 4.62. The predicted octanol–water partition coefficient (Wildman–Crippen LogP) is 2.13. The monoisotopic (exact) mass is 335 g/mol. The number of benzene rings is 1. The highest BCUT2D eigenvalue weighted by Gasteiger charge is 2.29. The lowest BCUT2D eigenvalue weighted by atomic mass is 10.0. The van der Waals surface area contributed by atoms with Gasteiger partial charge in [0.1, 0.15) is 11.8 Å². The van der Waals surface area contributed by atoms with E-state index in [0.717, 1.165) is 0 Å². The van der Waals surface area contributed by atoms with E-state index >= 15 is 0 Å². The van der Waals surface area contributed by atoms with Crippen LogP contribution in [0.2, 0.25) is 5.02 Å². The van der Waals surface area contributed by atoms with Crippen molar-refractivity contribution in [2.45, 2.75) is 31.2 Å². The molecule has 6 nitrogen and oxygen atoms in total. The van der Waals surface area contributed by atoms with Crippen LogP contribution in [0.3, 0.4) is 0 Å². The van der Waals surface area contributed by atoms with Crippen LogP contribution in [0.4, 0.5) is 0 Å². The molecule has 0 aliphatic rings. The van der Waals surface area contributed by atoms with E-state index in [1.54, 1.807) is 13.8 Å². The lowest BCUT2D eigenvalue weighted by molar-refractivity contribution is -0.140.